The monoisotopic (exact) mass is 296 g/mol. The number of hydrogen-bond acceptors (Lipinski definition) is 4. The molecule has 0 saturated heterocycles. The SMILES string of the molecule is Cc1cc(C)cc(CSc2nnc(-c3ccccc3)o2)c1. The van der Waals surface area contributed by atoms with Crippen LogP contribution in [0.1, 0.15) is 16.7 Å². The van der Waals surface area contributed by atoms with Crippen molar-refractivity contribution in [2.45, 2.75) is 24.8 Å². The minimum absolute atomic E-state index is 0.568. The van der Waals surface area contributed by atoms with Crippen LogP contribution in [0.3, 0.4) is 0 Å². The second kappa shape index (κ2) is 6.14. The van der Waals surface area contributed by atoms with Gasteiger partial charge in [-0.25, -0.2) is 0 Å². The molecule has 0 spiro atoms. The molecule has 0 amide bonds. The van der Waals surface area contributed by atoms with Crippen LogP contribution in [0, 0.1) is 13.8 Å². The lowest BCUT2D eigenvalue weighted by molar-refractivity contribution is 0.466. The van der Waals surface area contributed by atoms with Gasteiger partial charge in [-0.05, 0) is 31.5 Å². The summed E-state index contributed by atoms with van der Waals surface area (Å²) in [6.07, 6.45) is 0. The van der Waals surface area contributed by atoms with Gasteiger partial charge in [0.15, 0.2) is 0 Å². The summed E-state index contributed by atoms with van der Waals surface area (Å²) < 4.78 is 5.69. The van der Waals surface area contributed by atoms with Gasteiger partial charge in [-0.2, -0.15) is 0 Å². The Morgan fingerprint density at radius 3 is 2.38 bits per heavy atom. The highest BCUT2D eigenvalue weighted by atomic mass is 32.2. The third-order valence-electron chi connectivity index (χ3n) is 3.07. The number of benzene rings is 2. The first kappa shape index (κ1) is 13.9. The third kappa shape index (κ3) is 3.52. The molecule has 3 aromatic rings. The van der Waals surface area contributed by atoms with Crippen LogP contribution in [0.2, 0.25) is 0 Å². The van der Waals surface area contributed by atoms with Crippen LogP contribution in [0.25, 0.3) is 11.5 Å². The van der Waals surface area contributed by atoms with Crippen LogP contribution in [0.5, 0.6) is 0 Å². The predicted octanol–water partition coefficient (Wildman–Crippen LogP) is 4.65. The Morgan fingerprint density at radius 1 is 0.952 bits per heavy atom. The molecular formula is C17H16N2OS. The van der Waals surface area contributed by atoms with E-state index >= 15 is 0 Å². The zero-order chi connectivity index (χ0) is 14.7. The molecule has 1 heterocycles. The zero-order valence-corrected chi connectivity index (χ0v) is 12.9. The number of nitrogens with zero attached hydrogens (tertiary/aromatic N) is 2. The van der Waals surface area contributed by atoms with E-state index in [9.17, 15) is 0 Å². The van der Waals surface area contributed by atoms with E-state index in [1.54, 1.807) is 11.8 Å². The van der Waals surface area contributed by atoms with E-state index in [1.807, 2.05) is 30.3 Å². The van der Waals surface area contributed by atoms with E-state index in [1.165, 1.54) is 16.7 Å². The average Bonchev–Trinajstić information content (AvgIpc) is 2.94. The van der Waals surface area contributed by atoms with Gasteiger partial charge in [-0.1, -0.05) is 59.3 Å². The summed E-state index contributed by atoms with van der Waals surface area (Å²) >= 11 is 1.57. The average molecular weight is 296 g/mol. The Morgan fingerprint density at radius 2 is 1.67 bits per heavy atom. The quantitative estimate of drug-likeness (QED) is 0.657. The summed E-state index contributed by atoms with van der Waals surface area (Å²) in [5, 5.41) is 8.80. The van der Waals surface area contributed by atoms with Gasteiger partial charge in [0, 0.05) is 11.3 Å². The van der Waals surface area contributed by atoms with Crippen molar-refractivity contribution in [3.63, 3.8) is 0 Å². The Labute approximate surface area is 128 Å². The van der Waals surface area contributed by atoms with Crippen molar-refractivity contribution in [1.82, 2.24) is 10.2 Å². The fourth-order valence-electron chi connectivity index (χ4n) is 2.26. The Bertz CT molecular complexity index is 717. The van der Waals surface area contributed by atoms with Crippen molar-refractivity contribution in [2.75, 3.05) is 0 Å². The van der Waals surface area contributed by atoms with Gasteiger partial charge in [0.05, 0.1) is 0 Å². The summed E-state index contributed by atoms with van der Waals surface area (Å²) in [5.41, 5.74) is 4.78. The van der Waals surface area contributed by atoms with Crippen molar-refractivity contribution < 1.29 is 4.42 Å². The second-order valence-electron chi connectivity index (χ2n) is 5.02. The molecule has 1 aromatic heterocycles. The minimum atomic E-state index is 0.568. The Kier molecular flexibility index (Phi) is 4.06. The highest BCUT2D eigenvalue weighted by Crippen LogP contribution is 2.26. The van der Waals surface area contributed by atoms with Crippen LogP contribution in [0.15, 0.2) is 58.2 Å². The molecule has 2 aromatic carbocycles. The maximum atomic E-state index is 5.69. The lowest BCUT2D eigenvalue weighted by Crippen LogP contribution is -1.85. The molecule has 0 saturated carbocycles. The van der Waals surface area contributed by atoms with Crippen molar-refractivity contribution in [1.29, 1.82) is 0 Å². The molecule has 3 nitrogen and oxygen atoms in total. The van der Waals surface area contributed by atoms with E-state index < -0.39 is 0 Å². The van der Waals surface area contributed by atoms with Crippen LogP contribution < -0.4 is 0 Å². The molecule has 0 aliphatic carbocycles. The van der Waals surface area contributed by atoms with Crippen LogP contribution in [0.4, 0.5) is 0 Å². The first-order valence-electron chi connectivity index (χ1n) is 6.79. The first-order chi connectivity index (χ1) is 10.2. The van der Waals surface area contributed by atoms with Crippen molar-refractivity contribution in [3.8, 4) is 11.5 Å². The molecule has 21 heavy (non-hydrogen) atoms. The predicted molar refractivity (Wildman–Crippen MR) is 85.2 cm³/mol. The lowest BCUT2D eigenvalue weighted by Gasteiger charge is -2.02. The highest BCUT2D eigenvalue weighted by Gasteiger charge is 2.09. The van der Waals surface area contributed by atoms with Gasteiger partial charge in [0.1, 0.15) is 0 Å². The molecule has 0 aliphatic heterocycles. The lowest BCUT2D eigenvalue weighted by atomic mass is 10.1. The second-order valence-corrected chi connectivity index (χ2v) is 5.95. The van der Waals surface area contributed by atoms with Crippen LogP contribution in [-0.4, -0.2) is 10.2 Å². The largest absolute Gasteiger partial charge is 0.411 e. The van der Waals surface area contributed by atoms with Crippen molar-refractivity contribution >= 4 is 11.8 Å². The van der Waals surface area contributed by atoms with Crippen LogP contribution >= 0.6 is 11.8 Å². The maximum absolute atomic E-state index is 5.69. The van der Waals surface area contributed by atoms with Gasteiger partial charge in [-0.15, -0.1) is 10.2 Å². The molecular weight excluding hydrogens is 280 g/mol. The normalized spacial score (nSPS) is 10.8. The summed E-state index contributed by atoms with van der Waals surface area (Å²) in [6.45, 7) is 4.22. The number of rotatable bonds is 4. The highest BCUT2D eigenvalue weighted by molar-refractivity contribution is 7.98. The fourth-order valence-corrected chi connectivity index (χ4v) is 2.96. The molecule has 0 unspecified atom stereocenters. The molecule has 4 heteroatoms. The van der Waals surface area contributed by atoms with E-state index in [0.717, 1.165) is 11.3 Å². The molecule has 0 radical (unpaired) electrons. The van der Waals surface area contributed by atoms with Crippen molar-refractivity contribution in [3.05, 3.63) is 65.2 Å². The molecule has 0 fully saturated rings. The van der Waals surface area contributed by atoms with Crippen LogP contribution in [-0.2, 0) is 5.75 Å². The van der Waals surface area contributed by atoms with E-state index in [-0.39, 0.29) is 0 Å². The summed E-state index contributed by atoms with van der Waals surface area (Å²) in [5.74, 6) is 1.40. The first-order valence-corrected chi connectivity index (χ1v) is 7.78. The van der Waals surface area contributed by atoms with Gasteiger partial charge >= 0.3 is 0 Å². The van der Waals surface area contributed by atoms with Crippen molar-refractivity contribution in [2.24, 2.45) is 0 Å². The molecule has 0 N–H and O–H groups in total. The summed E-state index contributed by atoms with van der Waals surface area (Å²) in [6, 6.07) is 16.4. The summed E-state index contributed by atoms with van der Waals surface area (Å²) in [4.78, 5) is 0. The third-order valence-corrected chi connectivity index (χ3v) is 3.96. The number of hydrogen-bond donors (Lipinski definition) is 0. The number of aryl methyl sites for hydroxylation is 2. The zero-order valence-electron chi connectivity index (χ0n) is 12.0. The molecule has 3 rings (SSSR count). The number of aromatic nitrogens is 2. The standard InChI is InChI=1S/C17H16N2OS/c1-12-8-13(2)10-14(9-12)11-21-17-19-18-16(20-17)15-6-4-3-5-7-15/h3-10H,11H2,1-2H3. The molecule has 0 bridgehead atoms. The molecule has 106 valence electrons. The Hall–Kier alpha value is -2.07. The van der Waals surface area contributed by atoms with Gasteiger partial charge in [0.2, 0.25) is 5.89 Å². The molecule has 0 atom stereocenters. The molecule has 0 aliphatic rings. The van der Waals surface area contributed by atoms with E-state index in [4.69, 9.17) is 4.42 Å². The van der Waals surface area contributed by atoms with E-state index in [0.29, 0.717) is 11.1 Å². The maximum Gasteiger partial charge on any atom is 0.277 e. The Balaban J connectivity index is 1.70. The van der Waals surface area contributed by atoms with E-state index in [2.05, 4.69) is 42.2 Å². The smallest absolute Gasteiger partial charge is 0.277 e. The van der Waals surface area contributed by atoms with Gasteiger partial charge in [-0.3, -0.25) is 0 Å². The number of thioether (sulfide) groups is 1. The fraction of sp³-hybridized carbons (Fsp3) is 0.176. The topological polar surface area (TPSA) is 38.9 Å². The van der Waals surface area contributed by atoms with Gasteiger partial charge < -0.3 is 4.42 Å². The minimum Gasteiger partial charge on any atom is -0.411 e. The van der Waals surface area contributed by atoms with Gasteiger partial charge in [0.25, 0.3) is 5.22 Å². The summed E-state index contributed by atoms with van der Waals surface area (Å²) in [7, 11) is 0.